The van der Waals surface area contributed by atoms with Gasteiger partial charge in [0.25, 0.3) is 0 Å². The molecule has 74 valence electrons. The van der Waals surface area contributed by atoms with Crippen molar-refractivity contribution in [2.45, 2.75) is 32.6 Å². The fraction of sp³-hybridized carbons (Fsp3) is 0.700. The van der Waals surface area contributed by atoms with Crippen molar-refractivity contribution in [3.63, 3.8) is 0 Å². The van der Waals surface area contributed by atoms with Crippen molar-refractivity contribution >= 4 is 5.97 Å². The zero-order valence-electron chi connectivity index (χ0n) is 7.92. The molecule has 3 nitrogen and oxygen atoms in total. The van der Waals surface area contributed by atoms with Gasteiger partial charge >= 0.3 is 5.97 Å². The number of hydrogen-bond acceptors (Lipinski definition) is 2. The topological polar surface area (TPSA) is 57.5 Å². The molecule has 1 saturated carbocycles. The molecule has 1 aliphatic carbocycles. The summed E-state index contributed by atoms with van der Waals surface area (Å²) in [6.07, 6.45) is 3.91. The quantitative estimate of drug-likeness (QED) is 0.640. The molecule has 2 N–H and O–H groups in total. The van der Waals surface area contributed by atoms with Crippen LogP contribution in [0.2, 0.25) is 0 Å². The Morgan fingerprint density at radius 2 is 2.23 bits per heavy atom. The first-order chi connectivity index (χ1) is 6.16. The van der Waals surface area contributed by atoms with Gasteiger partial charge in [-0.3, -0.25) is 0 Å². The van der Waals surface area contributed by atoms with E-state index in [0.717, 1.165) is 31.3 Å². The molecule has 0 aromatic carbocycles. The average molecular weight is 184 g/mol. The van der Waals surface area contributed by atoms with Crippen molar-refractivity contribution < 1.29 is 15.0 Å². The minimum Gasteiger partial charge on any atom is -0.478 e. The number of aliphatic carboxylic acids is 1. The lowest BCUT2D eigenvalue weighted by Crippen LogP contribution is -2.17. The largest absolute Gasteiger partial charge is 0.478 e. The average Bonchev–Trinajstić information content (AvgIpc) is 2.16. The third kappa shape index (κ3) is 2.31. The predicted molar refractivity (Wildman–Crippen MR) is 49.4 cm³/mol. The molecule has 1 atom stereocenters. The van der Waals surface area contributed by atoms with Crippen molar-refractivity contribution in [3.8, 4) is 0 Å². The van der Waals surface area contributed by atoms with Crippen LogP contribution < -0.4 is 0 Å². The summed E-state index contributed by atoms with van der Waals surface area (Å²) in [6.45, 7) is 1.71. The summed E-state index contributed by atoms with van der Waals surface area (Å²) in [5, 5.41) is 17.9. The Labute approximate surface area is 78.1 Å². The van der Waals surface area contributed by atoms with Gasteiger partial charge in [0.05, 0.1) is 0 Å². The van der Waals surface area contributed by atoms with Crippen LogP contribution in [0, 0.1) is 5.92 Å². The molecule has 1 unspecified atom stereocenters. The van der Waals surface area contributed by atoms with Crippen LogP contribution in [0.15, 0.2) is 11.1 Å². The number of aliphatic hydroxyl groups excluding tert-OH is 1. The Hall–Kier alpha value is -0.830. The molecule has 13 heavy (non-hydrogen) atoms. The second kappa shape index (κ2) is 4.42. The molecular formula is C10H16O3. The van der Waals surface area contributed by atoms with Gasteiger partial charge in [0.15, 0.2) is 0 Å². The van der Waals surface area contributed by atoms with E-state index in [2.05, 4.69) is 0 Å². The lowest BCUT2D eigenvalue weighted by Gasteiger charge is -2.24. The second-order valence-electron chi connectivity index (χ2n) is 3.58. The molecule has 0 aliphatic heterocycles. The van der Waals surface area contributed by atoms with Gasteiger partial charge in [-0.2, -0.15) is 0 Å². The molecule has 0 heterocycles. The molecule has 0 aromatic rings. The summed E-state index contributed by atoms with van der Waals surface area (Å²) in [7, 11) is 0. The fourth-order valence-electron chi connectivity index (χ4n) is 1.92. The van der Waals surface area contributed by atoms with E-state index in [1.54, 1.807) is 6.92 Å². The van der Waals surface area contributed by atoms with Crippen molar-refractivity contribution in [3.05, 3.63) is 11.1 Å². The summed E-state index contributed by atoms with van der Waals surface area (Å²) >= 11 is 0. The van der Waals surface area contributed by atoms with Gasteiger partial charge in [0.1, 0.15) is 0 Å². The normalized spacial score (nSPS) is 27.1. The van der Waals surface area contributed by atoms with Crippen molar-refractivity contribution in [2.24, 2.45) is 5.92 Å². The van der Waals surface area contributed by atoms with E-state index in [9.17, 15) is 4.79 Å². The molecular weight excluding hydrogens is 168 g/mol. The second-order valence-corrected chi connectivity index (χ2v) is 3.58. The molecule has 0 spiro atoms. The number of carboxylic acid groups (broad SMARTS) is 1. The van der Waals surface area contributed by atoms with Gasteiger partial charge in [0, 0.05) is 18.1 Å². The summed E-state index contributed by atoms with van der Waals surface area (Å²) in [5.41, 5.74) is 1.38. The summed E-state index contributed by atoms with van der Waals surface area (Å²) in [6, 6.07) is 0. The molecule has 1 rings (SSSR count). The van der Waals surface area contributed by atoms with Gasteiger partial charge in [-0.25, -0.2) is 4.79 Å². The van der Waals surface area contributed by atoms with E-state index in [1.807, 2.05) is 0 Å². The summed E-state index contributed by atoms with van der Waals surface area (Å²) in [4.78, 5) is 10.7. The highest BCUT2D eigenvalue weighted by molar-refractivity contribution is 5.86. The third-order valence-corrected chi connectivity index (χ3v) is 2.76. The number of rotatable bonds is 2. The Morgan fingerprint density at radius 3 is 2.77 bits per heavy atom. The zero-order chi connectivity index (χ0) is 9.84. The van der Waals surface area contributed by atoms with Gasteiger partial charge in [-0.1, -0.05) is 12.0 Å². The first-order valence-corrected chi connectivity index (χ1v) is 4.70. The third-order valence-electron chi connectivity index (χ3n) is 2.76. The maximum atomic E-state index is 10.7. The lowest BCUT2D eigenvalue weighted by atomic mass is 9.82. The number of carboxylic acids is 1. The maximum absolute atomic E-state index is 10.7. The predicted octanol–water partition coefficient (Wildman–Crippen LogP) is 1.57. The molecule has 0 amide bonds. The molecule has 0 saturated heterocycles. The van der Waals surface area contributed by atoms with Gasteiger partial charge in [0.2, 0.25) is 0 Å². The van der Waals surface area contributed by atoms with Crippen molar-refractivity contribution in [1.82, 2.24) is 0 Å². The van der Waals surface area contributed by atoms with Crippen molar-refractivity contribution in [1.29, 1.82) is 0 Å². The van der Waals surface area contributed by atoms with E-state index in [-0.39, 0.29) is 12.5 Å². The van der Waals surface area contributed by atoms with Crippen LogP contribution in [-0.4, -0.2) is 22.8 Å². The summed E-state index contributed by atoms with van der Waals surface area (Å²) in [5.74, 6) is -0.764. The molecule has 1 fully saturated rings. The Morgan fingerprint density at radius 1 is 1.54 bits per heavy atom. The smallest absolute Gasteiger partial charge is 0.331 e. The Kier molecular flexibility index (Phi) is 3.48. The highest BCUT2D eigenvalue weighted by Gasteiger charge is 2.21. The van der Waals surface area contributed by atoms with E-state index in [1.165, 1.54) is 0 Å². The monoisotopic (exact) mass is 184 g/mol. The summed E-state index contributed by atoms with van der Waals surface area (Å²) < 4.78 is 0. The number of carbonyl (C=O) groups is 1. The molecule has 1 aliphatic rings. The van der Waals surface area contributed by atoms with Crippen LogP contribution in [0.5, 0.6) is 0 Å². The van der Waals surface area contributed by atoms with E-state index < -0.39 is 5.97 Å². The molecule has 0 radical (unpaired) electrons. The van der Waals surface area contributed by atoms with E-state index in [4.69, 9.17) is 10.2 Å². The lowest BCUT2D eigenvalue weighted by molar-refractivity contribution is -0.132. The Bertz CT molecular complexity index is 230. The van der Waals surface area contributed by atoms with Gasteiger partial charge < -0.3 is 10.2 Å². The number of hydrogen-bond donors (Lipinski definition) is 2. The zero-order valence-corrected chi connectivity index (χ0v) is 7.92. The van der Waals surface area contributed by atoms with Crippen LogP contribution in [0.25, 0.3) is 0 Å². The first-order valence-electron chi connectivity index (χ1n) is 4.70. The van der Waals surface area contributed by atoms with Crippen molar-refractivity contribution in [2.75, 3.05) is 6.61 Å². The fourth-order valence-corrected chi connectivity index (χ4v) is 1.92. The Balaban J connectivity index is 2.85. The molecule has 3 heteroatoms. The highest BCUT2D eigenvalue weighted by Crippen LogP contribution is 2.31. The van der Waals surface area contributed by atoms with Crippen LogP contribution in [0.4, 0.5) is 0 Å². The van der Waals surface area contributed by atoms with E-state index in [0.29, 0.717) is 5.57 Å². The van der Waals surface area contributed by atoms with Crippen LogP contribution in [0.1, 0.15) is 32.6 Å². The molecule has 0 aromatic heterocycles. The van der Waals surface area contributed by atoms with E-state index >= 15 is 0 Å². The SMILES string of the molecule is CC(C(=O)O)=C1CCCCC1CO. The van der Waals surface area contributed by atoms with Crippen LogP contribution in [0.3, 0.4) is 0 Å². The van der Waals surface area contributed by atoms with Gasteiger partial charge in [-0.15, -0.1) is 0 Å². The van der Waals surface area contributed by atoms with Crippen LogP contribution >= 0.6 is 0 Å². The van der Waals surface area contributed by atoms with Gasteiger partial charge in [-0.05, 0) is 26.2 Å². The minimum atomic E-state index is -0.852. The highest BCUT2D eigenvalue weighted by atomic mass is 16.4. The standard InChI is InChI=1S/C10H16O3/c1-7(10(12)13)9-5-3-2-4-8(9)6-11/h8,11H,2-6H2,1H3,(H,12,13). The maximum Gasteiger partial charge on any atom is 0.331 e. The molecule has 0 bridgehead atoms. The minimum absolute atomic E-state index is 0.0833. The number of aliphatic hydroxyl groups is 1. The van der Waals surface area contributed by atoms with Crippen LogP contribution in [-0.2, 0) is 4.79 Å². The first kappa shape index (κ1) is 10.3.